The number of carbonyl (C=O) groups is 1. The summed E-state index contributed by atoms with van der Waals surface area (Å²) in [6.45, 7) is 3.24. The van der Waals surface area contributed by atoms with Crippen LogP contribution in [0.25, 0.3) is 0 Å². The molecule has 0 radical (unpaired) electrons. The van der Waals surface area contributed by atoms with Crippen molar-refractivity contribution in [2.45, 2.75) is 24.8 Å². The lowest BCUT2D eigenvalue weighted by Crippen LogP contribution is -2.44. The number of hydrogen-bond acceptors (Lipinski definition) is 4. The minimum atomic E-state index is -3.94. The number of sulfonamides is 1. The molecule has 18 heavy (non-hydrogen) atoms. The smallest absolute Gasteiger partial charge is 0.322 e. The van der Waals surface area contributed by atoms with Crippen LogP contribution in [-0.2, 0) is 14.8 Å². The van der Waals surface area contributed by atoms with E-state index in [-0.39, 0.29) is 16.5 Å². The van der Waals surface area contributed by atoms with Crippen LogP contribution in [0.5, 0.6) is 0 Å². The average Bonchev–Trinajstić information content (AvgIpc) is 2.25. The van der Waals surface area contributed by atoms with E-state index in [0.717, 1.165) is 0 Å². The van der Waals surface area contributed by atoms with Gasteiger partial charge in [0.15, 0.2) is 0 Å². The lowest BCUT2D eigenvalue weighted by Gasteiger charge is -2.18. The highest BCUT2D eigenvalue weighted by Gasteiger charge is 2.28. The van der Waals surface area contributed by atoms with Gasteiger partial charge >= 0.3 is 5.97 Å². The van der Waals surface area contributed by atoms with Gasteiger partial charge in [-0.1, -0.05) is 26.0 Å². The molecule has 0 bridgehead atoms. The van der Waals surface area contributed by atoms with Crippen molar-refractivity contribution >= 4 is 21.7 Å². The van der Waals surface area contributed by atoms with Crippen molar-refractivity contribution in [1.29, 1.82) is 0 Å². The molecule has 0 fully saturated rings. The molecule has 4 N–H and O–H groups in total. The first-order valence-electron chi connectivity index (χ1n) is 5.35. The predicted octanol–water partition coefficient (Wildman–Crippen LogP) is 0.656. The number of rotatable bonds is 5. The van der Waals surface area contributed by atoms with Gasteiger partial charge in [-0.2, -0.15) is 4.72 Å². The van der Waals surface area contributed by atoms with Crippen LogP contribution < -0.4 is 10.5 Å². The standard InChI is InChI=1S/C11H16N2O4S/c1-7(2)10(11(14)15)13-18(16,17)9-6-4-3-5-8(9)12/h3-7,10,13H,12H2,1-2H3,(H,14,15)/t10-/m1/s1. The van der Waals surface area contributed by atoms with Gasteiger partial charge in [0.25, 0.3) is 0 Å². The Balaban J connectivity index is 3.09. The van der Waals surface area contributed by atoms with E-state index in [1.165, 1.54) is 18.2 Å². The maximum atomic E-state index is 12.0. The van der Waals surface area contributed by atoms with Crippen LogP contribution in [0.2, 0.25) is 0 Å². The molecular formula is C11H16N2O4S. The summed E-state index contributed by atoms with van der Waals surface area (Å²) in [5.41, 5.74) is 5.65. The minimum absolute atomic E-state index is 0.0814. The van der Waals surface area contributed by atoms with Crippen LogP contribution in [0.1, 0.15) is 13.8 Å². The third kappa shape index (κ3) is 3.21. The Kier molecular flexibility index (Phi) is 4.31. The largest absolute Gasteiger partial charge is 0.480 e. The molecule has 0 aliphatic carbocycles. The van der Waals surface area contributed by atoms with Gasteiger partial charge in [0, 0.05) is 0 Å². The Morgan fingerprint density at radius 3 is 2.33 bits per heavy atom. The first-order chi connectivity index (χ1) is 8.25. The quantitative estimate of drug-likeness (QED) is 0.682. The molecule has 0 unspecified atom stereocenters. The number of benzene rings is 1. The highest BCUT2D eigenvalue weighted by Crippen LogP contribution is 2.18. The summed E-state index contributed by atoms with van der Waals surface area (Å²) in [5, 5.41) is 8.97. The molecule has 7 heteroatoms. The fourth-order valence-electron chi connectivity index (χ4n) is 1.43. The van der Waals surface area contributed by atoms with Crippen molar-refractivity contribution in [3.63, 3.8) is 0 Å². The second-order valence-electron chi connectivity index (χ2n) is 4.22. The van der Waals surface area contributed by atoms with Gasteiger partial charge in [-0.25, -0.2) is 8.42 Å². The fourth-order valence-corrected chi connectivity index (χ4v) is 2.90. The van der Waals surface area contributed by atoms with Crippen LogP contribution in [0.15, 0.2) is 29.2 Å². The normalized spacial score (nSPS) is 13.5. The van der Waals surface area contributed by atoms with E-state index >= 15 is 0 Å². The number of carboxylic acid groups (broad SMARTS) is 1. The second kappa shape index (κ2) is 5.36. The number of carboxylic acids is 1. The molecule has 0 heterocycles. The molecular weight excluding hydrogens is 256 g/mol. The Hall–Kier alpha value is -1.60. The van der Waals surface area contributed by atoms with Gasteiger partial charge in [0.2, 0.25) is 10.0 Å². The number of nitrogens with one attached hydrogen (secondary N) is 1. The Bertz CT molecular complexity index is 540. The summed E-state index contributed by atoms with van der Waals surface area (Å²) in [5.74, 6) is -1.59. The topological polar surface area (TPSA) is 109 Å². The highest BCUT2D eigenvalue weighted by molar-refractivity contribution is 7.89. The van der Waals surface area contributed by atoms with Crippen LogP contribution in [-0.4, -0.2) is 25.5 Å². The van der Waals surface area contributed by atoms with E-state index in [9.17, 15) is 13.2 Å². The molecule has 0 saturated carbocycles. The zero-order valence-corrected chi connectivity index (χ0v) is 10.9. The molecule has 0 amide bonds. The molecule has 0 aliphatic rings. The monoisotopic (exact) mass is 272 g/mol. The second-order valence-corrected chi connectivity index (χ2v) is 5.90. The molecule has 1 rings (SSSR count). The van der Waals surface area contributed by atoms with Crippen molar-refractivity contribution in [2.24, 2.45) is 5.92 Å². The van der Waals surface area contributed by atoms with E-state index in [4.69, 9.17) is 10.8 Å². The number of aliphatic carboxylic acids is 1. The van der Waals surface area contributed by atoms with E-state index < -0.39 is 22.0 Å². The molecule has 6 nitrogen and oxygen atoms in total. The average molecular weight is 272 g/mol. The maximum absolute atomic E-state index is 12.0. The van der Waals surface area contributed by atoms with Crippen LogP contribution in [0.4, 0.5) is 5.69 Å². The number of nitrogens with two attached hydrogens (primary N) is 1. The first-order valence-corrected chi connectivity index (χ1v) is 6.83. The molecule has 0 aliphatic heterocycles. The fraction of sp³-hybridized carbons (Fsp3) is 0.364. The summed E-state index contributed by atoms with van der Waals surface area (Å²) < 4.78 is 26.2. The Morgan fingerprint density at radius 2 is 1.89 bits per heavy atom. The van der Waals surface area contributed by atoms with E-state index in [1.54, 1.807) is 19.9 Å². The highest BCUT2D eigenvalue weighted by atomic mass is 32.2. The predicted molar refractivity (Wildman–Crippen MR) is 67.4 cm³/mol. The number of para-hydroxylation sites is 1. The third-order valence-corrected chi connectivity index (χ3v) is 3.94. The molecule has 100 valence electrons. The summed E-state index contributed by atoms with van der Waals surface area (Å²) in [6.07, 6.45) is 0. The van der Waals surface area contributed by atoms with Gasteiger partial charge in [-0.15, -0.1) is 0 Å². The zero-order valence-electron chi connectivity index (χ0n) is 10.1. The van der Waals surface area contributed by atoms with Gasteiger partial charge in [0.1, 0.15) is 10.9 Å². The van der Waals surface area contributed by atoms with Gasteiger partial charge in [-0.3, -0.25) is 4.79 Å². The van der Waals surface area contributed by atoms with Crippen LogP contribution in [0.3, 0.4) is 0 Å². The van der Waals surface area contributed by atoms with Crippen LogP contribution in [0, 0.1) is 5.92 Å². The van der Waals surface area contributed by atoms with Crippen molar-refractivity contribution in [1.82, 2.24) is 4.72 Å². The molecule has 0 saturated heterocycles. The molecule has 0 aromatic heterocycles. The van der Waals surface area contributed by atoms with Crippen LogP contribution >= 0.6 is 0 Å². The summed E-state index contributed by atoms with van der Waals surface area (Å²) in [4.78, 5) is 10.9. The first kappa shape index (κ1) is 14.5. The lowest BCUT2D eigenvalue weighted by molar-refractivity contribution is -0.140. The Morgan fingerprint density at radius 1 is 1.33 bits per heavy atom. The zero-order chi connectivity index (χ0) is 13.9. The van der Waals surface area contributed by atoms with Gasteiger partial charge in [0.05, 0.1) is 5.69 Å². The van der Waals surface area contributed by atoms with E-state index in [1.807, 2.05) is 0 Å². The number of hydrogen-bond donors (Lipinski definition) is 3. The maximum Gasteiger partial charge on any atom is 0.322 e. The lowest BCUT2D eigenvalue weighted by atomic mass is 10.1. The van der Waals surface area contributed by atoms with Crippen molar-refractivity contribution < 1.29 is 18.3 Å². The van der Waals surface area contributed by atoms with Gasteiger partial charge < -0.3 is 10.8 Å². The van der Waals surface area contributed by atoms with Gasteiger partial charge in [-0.05, 0) is 18.1 Å². The molecule has 1 aromatic rings. The summed E-state index contributed by atoms with van der Waals surface area (Å²) in [7, 11) is -3.94. The van der Waals surface area contributed by atoms with E-state index in [0.29, 0.717) is 0 Å². The SMILES string of the molecule is CC(C)[C@@H](NS(=O)(=O)c1ccccc1N)C(=O)O. The van der Waals surface area contributed by atoms with Crippen molar-refractivity contribution in [2.75, 3.05) is 5.73 Å². The van der Waals surface area contributed by atoms with Crippen molar-refractivity contribution in [3.05, 3.63) is 24.3 Å². The molecule has 0 spiro atoms. The Labute approximate surface area is 106 Å². The molecule has 1 atom stereocenters. The van der Waals surface area contributed by atoms with Crippen molar-refractivity contribution in [3.8, 4) is 0 Å². The third-order valence-electron chi connectivity index (χ3n) is 2.42. The summed E-state index contributed by atoms with van der Waals surface area (Å²) in [6, 6.07) is 4.72. The number of anilines is 1. The molecule has 1 aromatic carbocycles. The summed E-state index contributed by atoms with van der Waals surface area (Å²) >= 11 is 0. The van der Waals surface area contributed by atoms with E-state index in [2.05, 4.69) is 4.72 Å². The number of nitrogen functional groups attached to an aromatic ring is 1. The minimum Gasteiger partial charge on any atom is -0.480 e.